The second kappa shape index (κ2) is 4.71. The highest BCUT2D eigenvalue weighted by Gasteiger charge is 2.42. The molecule has 1 aromatic carbocycles. The summed E-state index contributed by atoms with van der Waals surface area (Å²) in [5.41, 5.74) is 0.564. The van der Waals surface area contributed by atoms with Crippen LogP contribution in [0, 0.1) is 23.6 Å². The number of rotatable bonds is 3. The average molecular weight is 247 g/mol. The minimum Gasteiger partial charge on any atom is -0.352 e. The molecular weight excluding hydrogens is 229 g/mol. The predicted octanol–water partition coefficient (Wildman–Crippen LogP) is 2.88. The zero-order chi connectivity index (χ0) is 12.5. The highest BCUT2D eigenvalue weighted by atomic mass is 19.1. The normalized spacial score (nSPS) is 29.5. The lowest BCUT2D eigenvalue weighted by Gasteiger charge is -2.20. The Bertz CT molecular complexity index is 460. The molecule has 3 atom stereocenters. The Morgan fingerprint density at radius 1 is 1.28 bits per heavy atom. The van der Waals surface area contributed by atoms with E-state index in [1.165, 1.54) is 25.3 Å². The number of hydrogen-bond acceptors (Lipinski definition) is 1. The van der Waals surface area contributed by atoms with Crippen molar-refractivity contribution < 1.29 is 9.18 Å². The summed E-state index contributed by atoms with van der Waals surface area (Å²) in [4.78, 5) is 12.1. The SMILES string of the molecule is O=C(NCc1ccccc1F)C1CC2CCC1C2. The molecule has 2 nitrogen and oxygen atoms in total. The van der Waals surface area contributed by atoms with Crippen molar-refractivity contribution in [1.29, 1.82) is 0 Å². The van der Waals surface area contributed by atoms with Gasteiger partial charge in [0.2, 0.25) is 5.91 Å². The maximum absolute atomic E-state index is 13.4. The van der Waals surface area contributed by atoms with E-state index < -0.39 is 0 Å². The van der Waals surface area contributed by atoms with Crippen LogP contribution < -0.4 is 5.32 Å². The van der Waals surface area contributed by atoms with Gasteiger partial charge in [0.15, 0.2) is 0 Å². The first-order valence-electron chi connectivity index (χ1n) is 6.75. The highest BCUT2D eigenvalue weighted by Crippen LogP contribution is 2.48. The van der Waals surface area contributed by atoms with Gasteiger partial charge in [-0.1, -0.05) is 24.6 Å². The number of halogens is 1. The van der Waals surface area contributed by atoms with E-state index in [1.54, 1.807) is 18.2 Å². The molecule has 2 aliphatic rings. The molecule has 0 aromatic heterocycles. The molecule has 2 saturated carbocycles. The Labute approximate surface area is 107 Å². The van der Waals surface area contributed by atoms with Gasteiger partial charge in [0.25, 0.3) is 0 Å². The summed E-state index contributed by atoms with van der Waals surface area (Å²) in [5, 5.41) is 2.89. The maximum atomic E-state index is 13.4. The third kappa shape index (κ3) is 2.14. The first-order chi connectivity index (χ1) is 8.74. The van der Waals surface area contributed by atoms with Crippen molar-refractivity contribution in [3.63, 3.8) is 0 Å². The molecule has 3 rings (SSSR count). The summed E-state index contributed by atoms with van der Waals surface area (Å²) in [7, 11) is 0. The minimum absolute atomic E-state index is 0.116. The van der Waals surface area contributed by atoms with E-state index in [1.807, 2.05) is 0 Å². The number of hydrogen-bond donors (Lipinski definition) is 1. The lowest BCUT2D eigenvalue weighted by molar-refractivity contribution is -0.126. The Hall–Kier alpha value is -1.38. The van der Waals surface area contributed by atoms with E-state index in [0.717, 1.165) is 12.3 Å². The minimum atomic E-state index is -0.245. The van der Waals surface area contributed by atoms with E-state index >= 15 is 0 Å². The first kappa shape index (κ1) is 11.7. The molecule has 2 fully saturated rings. The number of amides is 1. The Morgan fingerprint density at radius 3 is 2.78 bits per heavy atom. The summed E-state index contributed by atoms with van der Waals surface area (Å²) < 4.78 is 13.4. The Balaban J connectivity index is 1.58. The molecule has 2 aliphatic carbocycles. The molecule has 1 N–H and O–H groups in total. The third-order valence-electron chi connectivity index (χ3n) is 4.49. The van der Waals surface area contributed by atoms with Crippen LogP contribution in [0.3, 0.4) is 0 Å². The van der Waals surface area contributed by atoms with Crippen LogP contribution in [-0.4, -0.2) is 5.91 Å². The average Bonchev–Trinajstić information content (AvgIpc) is 2.99. The summed E-state index contributed by atoms with van der Waals surface area (Å²) >= 11 is 0. The summed E-state index contributed by atoms with van der Waals surface area (Å²) in [6, 6.07) is 6.61. The van der Waals surface area contributed by atoms with E-state index in [0.29, 0.717) is 18.0 Å². The van der Waals surface area contributed by atoms with Crippen molar-refractivity contribution >= 4 is 5.91 Å². The van der Waals surface area contributed by atoms with Crippen LogP contribution in [0.15, 0.2) is 24.3 Å². The van der Waals surface area contributed by atoms with Crippen molar-refractivity contribution in [2.75, 3.05) is 0 Å². The zero-order valence-electron chi connectivity index (χ0n) is 10.4. The summed E-state index contributed by atoms with van der Waals surface area (Å²) in [6.07, 6.45) is 4.75. The molecule has 96 valence electrons. The summed E-state index contributed by atoms with van der Waals surface area (Å²) in [5.74, 6) is 1.39. The summed E-state index contributed by atoms with van der Waals surface area (Å²) in [6.45, 7) is 0.305. The smallest absolute Gasteiger partial charge is 0.223 e. The maximum Gasteiger partial charge on any atom is 0.223 e. The van der Waals surface area contributed by atoms with Crippen molar-refractivity contribution in [2.45, 2.75) is 32.2 Å². The second-order valence-corrected chi connectivity index (χ2v) is 5.59. The van der Waals surface area contributed by atoms with Crippen LogP contribution in [0.4, 0.5) is 4.39 Å². The molecule has 0 aliphatic heterocycles. The fourth-order valence-electron chi connectivity index (χ4n) is 3.52. The van der Waals surface area contributed by atoms with Crippen LogP contribution in [-0.2, 0) is 11.3 Å². The van der Waals surface area contributed by atoms with Crippen LogP contribution in [0.5, 0.6) is 0 Å². The van der Waals surface area contributed by atoms with Crippen molar-refractivity contribution in [1.82, 2.24) is 5.32 Å². The Morgan fingerprint density at radius 2 is 2.11 bits per heavy atom. The van der Waals surface area contributed by atoms with E-state index in [4.69, 9.17) is 0 Å². The van der Waals surface area contributed by atoms with Crippen molar-refractivity contribution in [2.24, 2.45) is 17.8 Å². The Kier molecular flexibility index (Phi) is 3.06. The standard InChI is InChI=1S/C15H18FNO/c16-14-4-2-1-3-12(14)9-17-15(18)13-8-10-5-6-11(13)7-10/h1-4,10-11,13H,5-9H2,(H,17,18). The molecule has 0 heterocycles. The van der Waals surface area contributed by atoms with Gasteiger partial charge in [-0.15, -0.1) is 0 Å². The molecule has 3 unspecified atom stereocenters. The lowest BCUT2D eigenvalue weighted by Crippen LogP contribution is -2.33. The third-order valence-corrected chi connectivity index (χ3v) is 4.49. The van der Waals surface area contributed by atoms with Gasteiger partial charge in [0, 0.05) is 18.0 Å². The highest BCUT2D eigenvalue weighted by molar-refractivity contribution is 5.79. The van der Waals surface area contributed by atoms with Gasteiger partial charge in [-0.2, -0.15) is 0 Å². The quantitative estimate of drug-likeness (QED) is 0.874. The van der Waals surface area contributed by atoms with Crippen LogP contribution in [0.2, 0.25) is 0 Å². The van der Waals surface area contributed by atoms with Crippen LogP contribution in [0.1, 0.15) is 31.2 Å². The predicted molar refractivity (Wildman–Crippen MR) is 67.2 cm³/mol. The number of carbonyl (C=O) groups is 1. The molecule has 1 amide bonds. The lowest BCUT2D eigenvalue weighted by atomic mass is 9.88. The molecule has 3 heteroatoms. The second-order valence-electron chi connectivity index (χ2n) is 5.59. The molecular formula is C15H18FNO. The van der Waals surface area contributed by atoms with Gasteiger partial charge >= 0.3 is 0 Å². The molecule has 18 heavy (non-hydrogen) atoms. The van der Waals surface area contributed by atoms with E-state index in [9.17, 15) is 9.18 Å². The largest absolute Gasteiger partial charge is 0.352 e. The number of fused-ring (bicyclic) bond motifs is 2. The van der Waals surface area contributed by atoms with Gasteiger partial charge < -0.3 is 5.32 Å². The molecule has 0 spiro atoms. The van der Waals surface area contributed by atoms with Gasteiger partial charge in [-0.3, -0.25) is 4.79 Å². The number of nitrogens with one attached hydrogen (secondary N) is 1. The monoisotopic (exact) mass is 247 g/mol. The molecule has 2 bridgehead atoms. The fourth-order valence-corrected chi connectivity index (χ4v) is 3.52. The van der Waals surface area contributed by atoms with E-state index in [2.05, 4.69) is 5.32 Å². The van der Waals surface area contributed by atoms with Gasteiger partial charge in [0.05, 0.1) is 0 Å². The van der Waals surface area contributed by atoms with Crippen molar-refractivity contribution in [3.05, 3.63) is 35.6 Å². The molecule has 0 radical (unpaired) electrons. The van der Waals surface area contributed by atoms with Gasteiger partial charge in [-0.05, 0) is 37.2 Å². The number of carbonyl (C=O) groups excluding carboxylic acids is 1. The topological polar surface area (TPSA) is 29.1 Å². The van der Waals surface area contributed by atoms with Crippen molar-refractivity contribution in [3.8, 4) is 0 Å². The van der Waals surface area contributed by atoms with Crippen LogP contribution in [0.25, 0.3) is 0 Å². The fraction of sp³-hybridized carbons (Fsp3) is 0.533. The van der Waals surface area contributed by atoms with Gasteiger partial charge in [-0.25, -0.2) is 4.39 Å². The van der Waals surface area contributed by atoms with E-state index in [-0.39, 0.29) is 17.6 Å². The van der Waals surface area contributed by atoms with Crippen LogP contribution >= 0.6 is 0 Å². The first-order valence-corrected chi connectivity index (χ1v) is 6.75. The van der Waals surface area contributed by atoms with Gasteiger partial charge in [0.1, 0.15) is 5.82 Å². The molecule has 0 saturated heterocycles. The molecule has 1 aromatic rings. The number of benzene rings is 1. The zero-order valence-corrected chi connectivity index (χ0v) is 10.4.